The number of aryl methyl sites for hydroxylation is 1. The summed E-state index contributed by atoms with van der Waals surface area (Å²) in [5, 5.41) is 24.0. The van der Waals surface area contributed by atoms with E-state index in [1.807, 2.05) is 20.8 Å². The minimum absolute atomic E-state index is 0.372. The molecule has 2 atom stereocenters. The number of aliphatic hydroxyl groups is 2. The minimum atomic E-state index is -0.938. The molecule has 0 spiro atoms. The maximum Gasteiger partial charge on any atom is 0.123 e. The van der Waals surface area contributed by atoms with Gasteiger partial charge < -0.3 is 10.2 Å². The number of hydrogen-bond acceptors (Lipinski definition) is 3. The van der Waals surface area contributed by atoms with Gasteiger partial charge in [0.1, 0.15) is 6.10 Å². The van der Waals surface area contributed by atoms with Crippen molar-refractivity contribution in [2.75, 3.05) is 0 Å². The van der Waals surface area contributed by atoms with Gasteiger partial charge in [-0.05, 0) is 21.3 Å². The van der Waals surface area contributed by atoms with Gasteiger partial charge in [0.15, 0.2) is 0 Å². The number of aromatic nitrogens is 2. The molecule has 1 rings (SSSR count). The Morgan fingerprint density at radius 1 is 1.40 bits per heavy atom. The van der Waals surface area contributed by atoms with E-state index >= 15 is 0 Å². The number of nitrogens with zero attached hydrogens (tertiary/aromatic N) is 2. The van der Waals surface area contributed by atoms with Crippen LogP contribution in [0.4, 0.5) is 0 Å². The first-order chi connectivity index (χ1) is 6.75. The fourth-order valence-corrected chi connectivity index (χ4v) is 1.96. The maximum absolute atomic E-state index is 10.0. The van der Waals surface area contributed by atoms with Crippen molar-refractivity contribution in [2.45, 2.75) is 33.0 Å². The van der Waals surface area contributed by atoms with Gasteiger partial charge in [-0.15, -0.1) is 0 Å². The number of hydrogen-bond donors (Lipinski definition) is 2. The smallest absolute Gasteiger partial charge is 0.123 e. The third kappa shape index (κ3) is 2.59. The van der Waals surface area contributed by atoms with Crippen LogP contribution in [0.25, 0.3) is 0 Å². The van der Waals surface area contributed by atoms with E-state index in [2.05, 4.69) is 21.0 Å². The molecule has 5 heteroatoms. The van der Waals surface area contributed by atoms with Crippen LogP contribution < -0.4 is 0 Å². The number of aliphatic hydroxyl groups excluding tert-OH is 2. The lowest BCUT2D eigenvalue weighted by Gasteiger charge is -2.30. The monoisotopic (exact) mass is 276 g/mol. The molecule has 0 aliphatic carbocycles. The molecule has 0 aromatic carbocycles. The molecule has 15 heavy (non-hydrogen) atoms. The predicted molar refractivity (Wildman–Crippen MR) is 61.3 cm³/mol. The summed E-state index contributed by atoms with van der Waals surface area (Å²) < 4.78 is 2.27. The Balaban J connectivity index is 3.00. The van der Waals surface area contributed by atoms with E-state index in [0.717, 1.165) is 0 Å². The van der Waals surface area contributed by atoms with E-state index in [-0.39, 0.29) is 5.41 Å². The lowest BCUT2D eigenvalue weighted by atomic mass is 9.85. The summed E-state index contributed by atoms with van der Waals surface area (Å²) in [6, 6.07) is 0. The first-order valence-electron chi connectivity index (χ1n) is 4.78. The Labute approximate surface area is 98.0 Å². The second-order valence-electron chi connectivity index (χ2n) is 4.76. The van der Waals surface area contributed by atoms with Gasteiger partial charge >= 0.3 is 0 Å². The third-order valence-electron chi connectivity index (χ3n) is 2.40. The summed E-state index contributed by atoms with van der Waals surface area (Å²) in [5.41, 5.74) is 0.223. The summed E-state index contributed by atoms with van der Waals surface area (Å²) in [6.07, 6.45) is -0.162. The molecule has 0 saturated heterocycles. The number of halogens is 1. The molecule has 0 radical (unpaired) electrons. The minimum Gasteiger partial charge on any atom is -0.389 e. The van der Waals surface area contributed by atoms with Crippen LogP contribution in [0.5, 0.6) is 0 Å². The molecule has 0 fully saturated rings. The molecule has 0 aliphatic heterocycles. The SMILES string of the molecule is Cn1ncc(Br)c1C(O)C(O)C(C)(C)C. The molecule has 1 aromatic rings. The molecule has 0 aliphatic rings. The van der Waals surface area contributed by atoms with Gasteiger partial charge in [0.2, 0.25) is 0 Å². The number of rotatable bonds is 2. The van der Waals surface area contributed by atoms with E-state index in [0.29, 0.717) is 10.2 Å². The first kappa shape index (κ1) is 12.7. The quantitative estimate of drug-likeness (QED) is 0.863. The zero-order chi connectivity index (χ0) is 11.8. The Bertz CT molecular complexity index is 324. The van der Waals surface area contributed by atoms with Crippen LogP contribution in [0.3, 0.4) is 0 Å². The molecule has 0 amide bonds. The van der Waals surface area contributed by atoms with Gasteiger partial charge in [-0.1, -0.05) is 20.8 Å². The van der Waals surface area contributed by atoms with Crippen LogP contribution in [-0.4, -0.2) is 26.1 Å². The molecule has 2 unspecified atom stereocenters. The standard InChI is InChI=1S/C10H17BrN2O2/c1-10(2,3)9(15)8(14)7-6(11)5-12-13(7)4/h5,8-9,14-15H,1-4H3. The molecule has 86 valence electrons. The van der Waals surface area contributed by atoms with Gasteiger partial charge in [0, 0.05) is 7.05 Å². The molecule has 0 bridgehead atoms. The maximum atomic E-state index is 10.0. The van der Waals surface area contributed by atoms with Gasteiger partial charge in [0.05, 0.1) is 22.5 Å². The highest BCUT2D eigenvalue weighted by Crippen LogP contribution is 2.32. The zero-order valence-corrected chi connectivity index (χ0v) is 11.0. The molecule has 1 heterocycles. The topological polar surface area (TPSA) is 58.3 Å². The van der Waals surface area contributed by atoms with E-state index in [4.69, 9.17) is 0 Å². The molecule has 0 saturated carbocycles. The lowest BCUT2D eigenvalue weighted by molar-refractivity contribution is -0.0495. The van der Waals surface area contributed by atoms with Gasteiger partial charge in [-0.2, -0.15) is 5.10 Å². The van der Waals surface area contributed by atoms with Crippen LogP contribution in [-0.2, 0) is 7.05 Å². The molecule has 1 aromatic heterocycles. The van der Waals surface area contributed by atoms with Crippen LogP contribution in [0, 0.1) is 5.41 Å². The van der Waals surface area contributed by atoms with Crippen LogP contribution in [0.2, 0.25) is 0 Å². The average Bonchev–Trinajstić information content (AvgIpc) is 2.42. The lowest BCUT2D eigenvalue weighted by Crippen LogP contribution is -2.33. The Morgan fingerprint density at radius 2 is 1.93 bits per heavy atom. The van der Waals surface area contributed by atoms with Gasteiger partial charge in [0.25, 0.3) is 0 Å². The van der Waals surface area contributed by atoms with E-state index in [1.165, 1.54) is 0 Å². The van der Waals surface area contributed by atoms with Gasteiger partial charge in [-0.3, -0.25) is 4.68 Å². The fraction of sp³-hybridized carbons (Fsp3) is 0.700. The highest BCUT2D eigenvalue weighted by atomic mass is 79.9. The van der Waals surface area contributed by atoms with E-state index in [1.54, 1.807) is 17.9 Å². The average molecular weight is 277 g/mol. The van der Waals surface area contributed by atoms with Gasteiger partial charge in [-0.25, -0.2) is 0 Å². The summed E-state index contributed by atoms with van der Waals surface area (Å²) in [6.45, 7) is 5.64. The second-order valence-corrected chi connectivity index (χ2v) is 5.61. The van der Waals surface area contributed by atoms with Crippen molar-refractivity contribution in [2.24, 2.45) is 12.5 Å². The molecule has 4 nitrogen and oxygen atoms in total. The van der Waals surface area contributed by atoms with Crippen molar-refractivity contribution in [1.29, 1.82) is 0 Å². The second kappa shape index (κ2) is 4.23. The largest absolute Gasteiger partial charge is 0.389 e. The highest BCUT2D eigenvalue weighted by molar-refractivity contribution is 9.10. The predicted octanol–water partition coefficient (Wildman–Crippen LogP) is 1.62. The zero-order valence-electron chi connectivity index (χ0n) is 9.40. The van der Waals surface area contributed by atoms with Crippen LogP contribution >= 0.6 is 15.9 Å². The summed E-state index contributed by atoms with van der Waals surface area (Å²) >= 11 is 3.30. The molecular weight excluding hydrogens is 260 g/mol. The summed E-state index contributed by atoms with van der Waals surface area (Å²) in [4.78, 5) is 0. The molecular formula is C10H17BrN2O2. The summed E-state index contributed by atoms with van der Waals surface area (Å²) in [5.74, 6) is 0. The third-order valence-corrected chi connectivity index (χ3v) is 3.02. The van der Waals surface area contributed by atoms with Crippen molar-refractivity contribution in [3.63, 3.8) is 0 Å². The van der Waals surface area contributed by atoms with Crippen molar-refractivity contribution in [3.05, 3.63) is 16.4 Å². The fourth-order valence-electron chi connectivity index (χ4n) is 1.38. The Morgan fingerprint density at radius 3 is 2.27 bits per heavy atom. The summed E-state index contributed by atoms with van der Waals surface area (Å²) in [7, 11) is 1.73. The van der Waals surface area contributed by atoms with Crippen LogP contribution in [0.15, 0.2) is 10.7 Å². The Hall–Kier alpha value is -0.390. The first-order valence-corrected chi connectivity index (χ1v) is 5.58. The van der Waals surface area contributed by atoms with E-state index in [9.17, 15) is 10.2 Å². The van der Waals surface area contributed by atoms with Crippen LogP contribution in [0.1, 0.15) is 32.6 Å². The normalized spacial score (nSPS) is 16.5. The van der Waals surface area contributed by atoms with E-state index < -0.39 is 12.2 Å². The molecule has 2 N–H and O–H groups in total. The van der Waals surface area contributed by atoms with Crippen molar-refractivity contribution < 1.29 is 10.2 Å². The van der Waals surface area contributed by atoms with Crippen molar-refractivity contribution >= 4 is 15.9 Å². The van der Waals surface area contributed by atoms with Crippen molar-refractivity contribution in [1.82, 2.24) is 9.78 Å². The van der Waals surface area contributed by atoms with Crippen molar-refractivity contribution in [3.8, 4) is 0 Å². The Kier molecular flexibility index (Phi) is 3.58. The highest BCUT2D eigenvalue weighted by Gasteiger charge is 2.32.